The maximum Gasteiger partial charge on any atom is 0.328 e. The van der Waals surface area contributed by atoms with Gasteiger partial charge in [0.15, 0.2) is 0 Å². The number of piperidine rings is 1. The molecule has 0 aromatic heterocycles. The minimum Gasteiger partial charge on any atom is -0.467 e. The van der Waals surface area contributed by atoms with Gasteiger partial charge in [0.25, 0.3) is 0 Å². The molecule has 0 radical (unpaired) electrons. The number of nitrogens with zero attached hydrogens (tertiary/aromatic N) is 1. The highest BCUT2D eigenvalue weighted by atomic mass is 32.2. The molecule has 8 heteroatoms. The van der Waals surface area contributed by atoms with Gasteiger partial charge in [-0.25, -0.2) is 13.2 Å². The van der Waals surface area contributed by atoms with Crippen molar-refractivity contribution in [2.45, 2.75) is 44.0 Å². The predicted molar refractivity (Wildman–Crippen MR) is 101 cm³/mol. The summed E-state index contributed by atoms with van der Waals surface area (Å²) in [5, 5.41) is 2.77. The van der Waals surface area contributed by atoms with E-state index in [4.69, 9.17) is 4.74 Å². The van der Waals surface area contributed by atoms with Gasteiger partial charge in [-0.05, 0) is 37.3 Å². The van der Waals surface area contributed by atoms with Crippen LogP contribution in [0.15, 0.2) is 35.2 Å². The van der Waals surface area contributed by atoms with Crippen LogP contribution in [0.1, 0.15) is 33.1 Å². The summed E-state index contributed by atoms with van der Waals surface area (Å²) in [6.45, 7) is 4.49. The zero-order valence-corrected chi connectivity index (χ0v) is 16.9. The Hall–Kier alpha value is -1.93. The van der Waals surface area contributed by atoms with E-state index in [0.29, 0.717) is 19.3 Å². The lowest BCUT2D eigenvalue weighted by Crippen LogP contribution is -2.48. The van der Waals surface area contributed by atoms with Gasteiger partial charge in [0.1, 0.15) is 6.04 Å². The molecule has 1 fully saturated rings. The van der Waals surface area contributed by atoms with Crippen LogP contribution in [0.4, 0.5) is 0 Å². The molecule has 1 aromatic rings. The van der Waals surface area contributed by atoms with Gasteiger partial charge in [0.05, 0.1) is 12.0 Å². The highest BCUT2D eigenvalue weighted by Gasteiger charge is 2.33. The average molecular weight is 397 g/mol. The summed E-state index contributed by atoms with van der Waals surface area (Å²) in [6, 6.07) is 7.62. The molecule has 1 saturated heterocycles. The quantitative estimate of drug-likeness (QED) is 0.710. The monoisotopic (exact) mass is 396 g/mol. The molecule has 1 N–H and O–H groups in total. The fourth-order valence-corrected chi connectivity index (χ4v) is 4.71. The summed E-state index contributed by atoms with van der Waals surface area (Å²) in [5.74, 6) is -0.761. The molecular formula is C19H28N2O5S. The Morgan fingerprint density at radius 1 is 1.19 bits per heavy atom. The highest BCUT2D eigenvalue weighted by Crippen LogP contribution is 2.24. The van der Waals surface area contributed by atoms with Crippen LogP contribution < -0.4 is 5.32 Å². The molecule has 0 bridgehead atoms. The van der Waals surface area contributed by atoms with Crippen molar-refractivity contribution in [3.05, 3.63) is 30.3 Å². The number of nitrogens with one attached hydrogen (secondary N) is 1. The Bertz CT molecular complexity index is 741. The summed E-state index contributed by atoms with van der Waals surface area (Å²) in [6.07, 6.45) is 1.35. The smallest absolute Gasteiger partial charge is 0.328 e. The highest BCUT2D eigenvalue weighted by molar-refractivity contribution is 7.89. The van der Waals surface area contributed by atoms with Crippen molar-refractivity contribution in [1.29, 1.82) is 0 Å². The van der Waals surface area contributed by atoms with Gasteiger partial charge in [-0.1, -0.05) is 32.0 Å². The molecular weight excluding hydrogens is 368 g/mol. The summed E-state index contributed by atoms with van der Waals surface area (Å²) in [4.78, 5) is 24.7. The van der Waals surface area contributed by atoms with E-state index in [2.05, 4.69) is 5.32 Å². The van der Waals surface area contributed by atoms with Crippen molar-refractivity contribution in [2.24, 2.45) is 11.8 Å². The fraction of sp³-hybridized carbons (Fsp3) is 0.579. The first kappa shape index (κ1) is 21.4. The van der Waals surface area contributed by atoms with Gasteiger partial charge in [0.2, 0.25) is 15.9 Å². The maximum absolute atomic E-state index is 12.7. The number of rotatable bonds is 7. The largest absolute Gasteiger partial charge is 0.467 e. The molecule has 0 aliphatic carbocycles. The average Bonchev–Trinajstić information content (AvgIpc) is 2.67. The number of benzene rings is 1. The van der Waals surface area contributed by atoms with E-state index in [1.807, 2.05) is 13.8 Å². The molecule has 1 aliphatic heterocycles. The van der Waals surface area contributed by atoms with Gasteiger partial charge in [-0.3, -0.25) is 4.79 Å². The maximum atomic E-state index is 12.7. The van der Waals surface area contributed by atoms with Crippen molar-refractivity contribution < 1.29 is 22.7 Å². The number of ether oxygens (including phenoxy) is 1. The lowest BCUT2D eigenvalue weighted by Gasteiger charge is -2.31. The lowest BCUT2D eigenvalue weighted by molar-refractivity contribution is -0.146. The van der Waals surface area contributed by atoms with E-state index in [1.165, 1.54) is 11.4 Å². The summed E-state index contributed by atoms with van der Waals surface area (Å²) < 4.78 is 31.5. The Labute approximate surface area is 161 Å². The van der Waals surface area contributed by atoms with E-state index >= 15 is 0 Å². The first-order valence-corrected chi connectivity index (χ1v) is 10.6. The SMILES string of the molecule is COC(=O)[C@H](CC(C)C)NC(=O)C1CCN(S(=O)(=O)c2ccccc2)CC1. The Kier molecular flexibility index (Phi) is 7.38. The second kappa shape index (κ2) is 9.32. The van der Waals surface area contributed by atoms with E-state index < -0.39 is 22.0 Å². The first-order valence-electron chi connectivity index (χ1n) is 9.19. The third-order valence-electron chi connectivity index (χ3n) is 4.71. The molecule has 1 aliphatic rings. The number of methoxy groups -OCH3 is 1. The Morgan fingerprint density at radius 2 is 1.78 bits per heavy atom. The van der Waals surface area contributed by atoms with E-state index in [0.717, 1.165) is 0 Å². The molecule has 2 rings (SSSR count). The number of sulfonamides is 1. The number of carbonyl (C=O) groups is 2. The molecule has 150 valence electrons. The third-order valence-corrected chi connectivity index (χ3v) is 6.63. The van der Waals surface area contributed by atoms with Gasteiger partial charge in [-0.2, -0.15) is 4.31 Å². The zero-order chi connectivity index (χ0) is 20.0. The molecule has 1 aromatic carbocycles. The molecule has 1 heterocycles. The Morgan fingerprint density at radius 3 is 2.30 bits per heavy atom. The number of carbonyl (C=O) groups excluding carboxylic acids is 2. The second-order valence-electron chi connectivity index (χ2n) is 7.21. The van der Waals surface area contributed by atoms with E-state index in [9.17, 15) is 18.0 Å². The molecule has 1 amide bonds. The van der Waals surface area contributed by atoms with Gasteiger partial charge in [0, 0.05) is 19.0 Å². The zero-order valence-electron chi connectivity index (χ0n) is 16.1. The standard InChI is InChI=1S/C19H28N2O5S/c1-14(2)13-17(19(23)26-3)20-18(22)15-9-11-21(12-10-15)27(24,25)16-7-5-4-6-8-16/h4-8,14-15,17H,9-13H2,1-3H3,(H,20,22)/t17-/m0/s1. The third kappa shape index (κ3) is 5.52. The number of amides is 1. The van der Waals surface area contributed by atoms with Crippen molar-refractivity contribution in [3.63, 3.8) is 0 Å². The second-order valence-corrected chi connectivity index (χ2v) is 9.14. The van der Waals surface area contributed by atoms with Crippen LogP contribution in [-0.4, -0.2) is 50.8 Å². The first-order chi connectivity index (χ1) is 12.8. The van der Waals surface area contributed by atoms with Crippen LogP contribution in [-0.2, 0) is 24.3 Å². The topological polar surface area (TPSA) is 92.8 Å². The van der Waals surface area contributed by atoms with Crippen molar-refractivity contribution in [1.82, 2.24) is 9.62 Å². The molecule has 0 saturated carbocycles. The summed E-state index contributed by atoms with van der Waals surface area (Å²) in [5.41, 5.74) is 0. The van der Waals surface area contributed by atoms with Gasteiger partial charge < -0.3 is 10.1 Å². The van der Waals surface area contributed by atoms with Crippen LogP contribution >= 0.6 is 0 Å². The fourth-order valence-electron chi connectivity index (χ4n) is 3.22. The van der Waals surface area contributed by atoms with Crippen LogP contribution in [0.3, 0.4) is 0 Å². The minimum absolute atomic E-state index is 0.220. The van der Waals surface area contributed by atoms with Gasteiger partial charge >= 0.3 is 5.97 Å². The molecule has 0 spiro atoms. The molecule has 27 heavy (non-hydrogen) atoms. The molecule has 7 nitrogen and oxygen atoms in total. The van der Waals surface area contributed by atoms with Gasteiger partial charge in [-0.15, -0.1) is 0 Å². The Balaban J connectivity index is 1.96. The van der Waals surface area contributed by atoms with E-state index in [1.54, 1.807) is 30.3 Å². The normalized spacial score (nSPS) is 17.5. The lowest BCUT2D eigenvalue weighted by atomic mass is 9.96. The van der Waals surface area contributed by atoms with Crippen LogP contribution in [0.5, 0.6) is 0 Å². The van der Waals surface area contributed by atoms with Crippen LogP contribution in [0.2, 0.25) is 0 Å². The van der Waals surface area contributed by atoms with Crippen molar-refractivity contribution in [3.8, 4) is 0 Å². The molecule has 1 atom stereocenters. The van der Waals surface area contributed by atoms with Crippen LogP contribution in [0.25, 0.3) is 0 Å². The minimum atomic E-state index is -3.54. The van der Waals surface area contributed by atoms with E-state index in [-0.39, 0.29) is 35.7 Å². The summed E-state index contributed by atoms with van der Waals surface area (Å²) >= 11 is 0. The molecule has 0 unspecified atom stereocenters. The number of esters is 1. The van der Waals surface area contributed by atoms with Crippen molar-refractivity contribution >= 4 is 21.9 Å². The van der Waals surface area contributed by atoms with Crippen molar-refractivity contribution in [2.75, 3.05) is 20.2 Å². The van der Waals surface area contributed by atoms with Crippen LogP contribution in [0, 0.1) is 11.8 Å². The number of hydrogen-bond acceptors (Lipinski definition) is 5. The summed E-state index contributed by atoms with van der Waals surface area (Å²) in [7, 11) is -2.24. The number of hydrogen-bond donors (Lipinski definition) is 1. The predicted octanol–water partition coefficient (Wildman–Crippen LogP) is 1.79.